The van der Waals surface area contributed by atoms with E-state index in [4.69, 9.17) is 4.98 Å². The second kappa shape index (κ2) is 6.70. The number of aliphatic imine (C=N–C) groups is 1. The van der Waals surface area contributed by atoms with Crippen molar-refractivity contribution in [1.29, 1.82) is 0 Å². The lowest BCUT2D eigenvalue weighted by atomic mass is 9.97. The zero-order valence-electron chi connectivity index (χ0n) is 16.2. The van der Waals surface area contributed by atoms with E-state index < -0.39 is 12.0 Å². The Bertz CT molecular complexity index is 1100. The molecule has 0 bridgehead atoms. The normalized spacial score (nSPS) is 26.8. The van der Waals surface area contributed by atoms with Gasteiger partial charge in [-0.1, -0.05) is 6.92 Å². The molecule has 8 nitrogen and oxygen atoms in total. The average Bonchev–Trinajstić information content (AvgIpc) is 3.12. The molecule has 1 unspecified atom stereocenters. The Labute approximate surface area is 167 Å². The molecule has 9 heteroatoms. The quantitative estimate of drug-likeness (QED) is 0.442. The summed E-state index contributed by atoms with van der Waals surface area (Å²) in [5.74, 6) is 0.487. The van der Waals surface area contributed by atoms with Gasteiger partial charge in [-0.3, -0.25) is 15.4 Å². The topological polar surface area (TPSA) is 106 Å². The van der Waals surface area contributed by atoms with Gasteiger partial charge < -0.3 is 15.6 Å². The number of hydrogen-bond acceptors (Lipinski definition) is 6. The number of anilines is 1. The number of H-pyrrole nitrogens is 2. The van der Waals surface area contributed by atoms with Gasteiger partial charge in [-0.25, -0.2) is 9.38 Å². The van der Waals surface area contributed by atoms with Gasteiger partial charge >= 0.3 is 0 Å². The van der Waals surface area contributed by atoms with Crippen molar-refractivity contribution in [3.8, 4) is 0 Å². The minimum absolute atomic E-state index is 0.0567. The highest BCUT2D eigenvalue weighted by atomic mass is 19.1. The molecule has 5 rings (SSSR count). The highest BCUT2D eigenvalue weighted by Gasteiger charge is 2.40. The van der Waals surface area contributed by atoms with E-state index in [9.17, 15) is 4.39 Å². The van der Waals surface area contributed by atoms with Crippen LogP contribution in [-0.2, 0) is 0 Å². The van der Waals surface area contributed by atoms with E-state index in [0.29, 0.717) is 12.2 Å². The van der Waals surface area contributed by atoms with Crippen LogP contribution in [0.3, 0.4) is 0 Å². The number of aromatic nitrogens is 4. The number of pyridine rings is 1. The molecule has 5 N–H and O–H groups in total. The van der Waals surface area contributed by atoms with Crippen molar-refractivity contribution >= 4 is 23.1 Å². The molecule has 0 spiro atoms. The Morgan fingerprint density at radius 2 is 2.17 bits per heavy atom. The fourth-order valence-corrected chi connectivity index (χ4v) is 3.76. The Balaban J connectivity index is 1.35. The molecule has 150 valence electrons. The highest BCUT2D eigenvalue weighted by molar-refractivity contribution is 5.76. The number of rotatable bonds is 6. The predicted molar refractivity (Wildman–Crippen MR) is 110 cm³/mol. The van der Waals surface area contributed by atoms with Crippen LogP contribution in [0.2, 0.25) is 0 Å². The molecular weight excluding hydrogens is 371 g/mol. The number of fused-ring (bicyclic) bond motifs is 1. The molecule has 0 radical (unpaired) electrons. The van der Waals surface area contributed by atoms with E-state index in [2.05, 4.69) is 43.0 Å². The summed E-state index contributed by atoms with van der Waals surface area (Å²) >= 11 is 0. The van der Waals surface area contributed by atoms with Crippen LogP contribution >= 0.6 is 0 Å². The molecule has 2 aliphatic rings. The number of nitrogens with zero attached hydrogens (tertiary/aromatic N) is 3. The van der Waals surface area contributed by atoms with Gasteiger partial charge in [-0.05, 0) is 37.7 Å². The van der Waals surface area contributed by atoms with Crippen molar-refractivity contribution in [3.05, 3.63) is 53.7 Å². The minimum Gasteiger partial charge on any atom is -0.360 e. The smallest absolute Gasteiger partial charge is 0.193 e. The van der Waals surface area contributed by atoms with Crippen LogP contribution in [0.15, 0.2) is 47.4 Å². The number of likely N-dealkylation sites (N-methyl/N-ethyl adjacent to an activating group) is 1. The Morgan fingerprint density at radius 1 is 1.31 bits per heavy atom. The van der Waals surface area contributed by atoms with Gasteiger partial charge in [0.15, 0.2) is 11.6 Å². The molecule has 1 saturated carbocycles. The summed E-state index contributed by atoms with van der Waals surface area (Å²) in [5, 5.41) is 17.1. The molecule has 4 atom stereocenters. The summed E-state index contributed by atoms with van der Waals surface area (Å²) in [4.78, 5) is 12.6. The third kappa shape index (κ3) is 3.17. The first-order valence-corrected chi connectivity index (χ1v) is 9.71. The maximum Gasteiger partial charge on any atom is 0.193 e. The van der Waals surface area contributed by atoms with Gasteiger partial charge in [0.05, 0.1) is 17.0 Å². The molecule has 29 heavy (non-hydrogen) atoms. The Hall–Kier alpha value is -3.20. The van der Waals surface area contributed by atoms with Crippen LogP contribution in [0.25, 0.3) is 11.0 Å². The van der Waals surface area contributed by atoms with Crippen LogP contribution in [0.5, 0.6) is 0 Å². The van der Waals surface area contributed by atoms with E-state index in [1.165, 1.54) is 0 Å². The lowest BCUT2D eigenvalue weighted by Crippen LogP contribution is -2.59. The van der Waals surface area contributed by atoms with Crippen molar-refractivity contribution in [2.45, 2.75) is 37.1 Å². The molecular formula is C20H23FN8. The molecule has 1 fully saturated rings. The monoisotopic (exact) mass is 394 g/mol. The first-order chi connectivity index (χ1) is 14.1. The van der Waals surface area contributed by atoms with E-state index in [1.54, 1.807) is 6.21 Å². The molecule has 0 aromatic carbocycles. The molecule has 3 aromatic rings. The molecule has 3 aromatic heterocycles. The number of nitrogens with one attached hydrogen (secondary N) is 5. The van der Waals surface area contributed by atoms with E-state index in [0.717, 1.165) is 28.2 Å². The number of hydrogen-bond donors (Lipinski definition) is 5. The summed E-state index contributed by atoms with van der Waals surface area (Å²) < 4.78 is 13.3. The lowest BCUT2D eigenvalue weighted by molar-refractivity contribution is 0.260. The number of halogens is 1. The van der Waals surface area contributed by atoms with Crippen molar-refractivity contribution < 1.29 is 4.39 Å². The predicted octanol–water partition coefficient (Wildman–Crippen LogP) is 2.72. The maximum atomic E-state index is 13.3. The lowest BCUT2D eigenvalue weighted by Gasteiger charge is -2.38. The van der Waals surface area contributed by atoms with Gasteiger partial charge in [-0.2, -0.15) is 5.10 Å². The van der Waals surface area contributed by atoms with Gasteiger partial charge in [0.25, 0.3) is 0 Å². The van der Waals surface area contributed by atoms with Gasteiger partial charge in [0.2, 0.25) is 0 Å². The first-order valence-electron chi connectivity index (χ1n) is 9.71. The summed E-state index contributed by atoms with van der Waals surface area (Å²) in [6.45, 7) is 2.08. The molecule has 0 amide bonds. The largest absolute Gasteiger partial charge is 0.360 e. The molecule has 0 saturated heterocycles. The Kier molecular flexibility index (Phi) is 4.13. The molecule has 4 heterocycles. The van der Waals surface area contributed by atoms with Crippen molar-refractivity contribution in [1.82, 2.24) is 30.8 Å². The highest BCUT2D eigenvalue weighted by Crippen LogP contribution is 2.43. The van der Waals surface area contributed by atoms with Crippen molar-refractivity contribution in [2.75, 3.05) is 12.4 Å². The number of alkyl halides is 1. The summed E-state index contributed by atoms with van der Waals surface area (Å²) in [6.07, 6.45) is 5.28. The number of aromatic amines is 2. The van der Waals surface area contributed by atoms with Gasteiger partial charge in [0, 0.05) is 35.8 Å². The summed E-state index contributed by atoms with van der Waals surface area (Å²) in [7, 11) is 1.86. The number of allylic oxidation sites excluding steroid dienone is 1. The zero-order chi connectivity index (χ0) is 20.0. The maximum absolute atomic E-state index is 13.3. The van der Waals surface area contributed by atoms with Crippen LogP contribution in [0.4, 0.5) is 10.2 Å². The summed E-state index contributed by atoms with van der Waals surface area (Å²) in [6, 6.07) is 7.85. The van der Waals surface area contributed by atoms with E-state index in [1.807, 2.05) is 43.6 Å². The van der Waals surface area contributed by atoms with Crippen LogP contribution < -0.4 is 16.0 Å². The van der Waals surface area contributed by atoms with Crippen LogP contribution in [0.1, 0.15) is 36.6 Å². The van der Waals surface area contributed by atoms with E-state index >= 15 is 0 Å². The SMILES string of the molecule is CNC1([C@H](C)c2ccc3[nH]ccc3n2)N=CC=C(Nc2cc([C@H]3C[C@H]3F)[nH]n2)N1. The minimum atomic E-state index is -0.770. The second-order valence-corrected chi connectivity index (χ2v) is 7.56. The standard InChI is InChI=1S/C20H23FN8/c1-11(14-3-4-15-16(25-14)5-7-23-15)20(22-2)24-8-6-18(27-20)26-19-10-17(28-29-19)12-9-13(12)21/h3-8,10-13,22-23,27H,9H2,1-2H3,(H2,26,28,29)/t11-,12+,13-,20?/m1/s1. The molecule has 1 aliphatic carbocycles. The third-order valence-corrected chi connectivity index (χ3v) is 5.69. The van der Waals surface area contributed by atoms with Crippen molar-refractivity contribution in [2.24, 2.45) is 4.99 Å². The fraction of sp³-hybridized carbons (Fsp3) is 0.350. The summed E-state index contributed by atoms with van der Waals surface area (Å²) in [5.41, 5.74) is 3.66. The van der Waals surface area contributed by atoms with Crippen molar-refractivity contribution in [3.63, 3.8) is 0 Å². The Morgan fingerprint density at radius 3 is 2.97 bits per heavy atom. The van der Waals surface area contributed by atoms with Gasteiger partial charge in [-0.15, -0.1) is 0 Å². The average molecular weight is 394 g/mol. The first kappa shape index (κ1) is 17.9. The molecule has 1 aliphatic heterocycles. The van der Waals surface area contributed by atoms with Crippen LogP contribution in [0, 0.1) is 0 Å². The van der Waals surface area contributed by atoms with E-state index in [-0.39, 0.29) is 11.8 Å². The zero-order valence-corrected chi connectivity index (χ0v) is 16.2. The third-order valence-electron chi connectivity index (χ3n) is 5.69. The fourth-order valence-electron chi connectivity index (χ4n) is 3.76. The van der Waals surface area contributed by atoms with Crippen LogP contribution in [-0.4, -0.2) is 45.4 Å². The van der Waals surface area contributed by atoms with Gasteiger partial charge in [0.1, 0.15) is 12.0 Å². The second-order valence-electron chi connectivity index (χ2n) is 7.56.